The number of aromatic nitrogens is 3. The number of nitrogens with zero attached hydrogens (tertiary/aromatic N) is 4. The average molecular weight is 428 g/mol. The number of nitrogens with one attached hydrogen (secondary N) is 2. The van der Waals surface area contributed by atoms with E-state index in [4.69, 9.17) is 4.74 Å². The van der Waals surface area contributed by atoms with E-state index in [0.717, 1.165) is 41.6 Å². The number of methoxy groups -OCH3 is 1. The van der Waals surface area contributed by atoms with Crippen LogP contribution in [0.3, 0.4) is 0 Å². The van der Waals surface area contributed by atoms with Gasteiger partial charge in [0, 0.05) is 60.2 Å². The molecule has 162 valence electrons. The Morgan fingerprint density at radius 2 is 2.12 bits per heavy atom. The molecule has 0 radical (unpaired) electrons. The van der Waals surface area contributed by atoms with E-state index < -0.39 is 0 Å². The van der Waals surface area contributed by atoms with Crippen molar-refractivity contribution in [1.29, 1.82) is 0 Å². The highest BCUT2D eigenvalue weighted by Gasteiger charge is 2.22. The number of benzene rings is 2. The van der Waals surface area contributed by atoms with Crippen LogP contribution in [0.15, 0.2) is 54.9 Å². The number of carbonyl (C=O) groups excluding carboxylic acids is 1. The second-order valence-electron chi connectivity index (χ2n) is 7.92. The van der Waals surface area contributed by atoms with Gasteiger partial charge in [-0.1, -0.05) is 12.1 Å². The molecule has 1 atom stereocenters. The van der Waals surface area contributed by atoms with Crippen molar-refractivity contribution >= 4 is 39.1 Å². The molecule has 1 fully saturated rings. The van der Waals surface area contributed by atoms with E-state index in [-0.39, 0.29) is 11.9 Å². The van der Waals surface area contributed by atoms with E-state index in [1.807, 2.05) is 42.5 Å². The Morgan fingerprint density at radius 1 is 1.22 bits per heavy atom. The van der Waals surface area contributed by atoms with Crippen LogP contribution in [0.5, 0.6) is 6.01 Å². The number of piperazine rings is 1. The Bertz CT molecular complexity index is 1310. The van der Waals surface area contributed by atoms with Gasteiger partial charge in [-0.25, -0.2) is 4.98 Å². The van der Waals surface area contributed by atoms with Gasteiger partial charge in [0.05, 0.1) is 23.7 Å². The standard InChI is InChI=1S/C24H24N6O2/c1-15-14-30(11-10-25-15)21-8-7-18(22-19(21)13-27-24(29-22)32-2)23(31)28-17-6-5-16-4-3-9-26-20(16)12-17/h3-9,12-13,15,25H,10-11,14H2,1-2H3,(H,28,31). The number of anilines is 2. The SMILES string of the molecule is COc1ncc2c(N3CCNC(C)C3)ccc(C(=O)Nc3ccc4cccnc4c3)c2n1. The van der Waals surface area contributed by atoms with Crippen molar-refractivity contribution in [1.82, 2.24) is 20.3 Å². The monoisotopic (exact) mass is 428 g/mol. The number of hydrogen-bond donors (Lipinski definition) is 2. The first kappa shape index (κ1) is 20.1. The molecule has 0 aliphatic carbocycles. The number of rotatable bonds is 4. The maximum absolute atomic E-state index is 13.2. The highest BCUT2D eigenvalue weighted by Crippen LogP contribution is 2.30. The van der Waals surface area contributed by atoms with Gasteiger partial charge >= 0.3 is 6.01 Å². The third-order valence-electron chi connectivity index (χ3n) is 5.71. The molecule has 32 heavy (non-hydrogen) atoms. The Kier molecular flexibility index (Phi) is 5.28. The van der Waals surface area contributed by atoms with Crippen LogP contribution in [0.1, 0.15) is 17.3 Å². The summed E-state index contributed by atoms with van der Waals surface area (Å²) in [5.41, 5.74) is 3.55. The number of carbonyl (C=O) groups is 1. The zero-order chi connectivity index (χ0) is 22.1. The minimum absolute atomic E-state index is 0.229. The lowest BCUT2D eigenvalue weighted by atomic mass is 10.1. The van der Waals surface area contributed by atoms with E-state index in [0.29, 0.717) is 22.8 Å². The average Bonchev–Trinajstić information content (AvgIpc) is 2.82. The van der Waals surface area contributed by atoms with Crippen molar-refractivity contribution in [2.24, 2.45) is 0 Å². The molecule has 5 rings (SSSR count). The predicted octanol–water partition coefficient (Wildman–Crippen LogP) is 3.24. The minimum Gasteiger partial charge on any atom is -0.467 e. The van der Waals surface area contributed by atoms with Crippen LogP contribution in [0.4, 0.5) is 11.4 Å². The lowest BCUT2D eigenvalue weighted by Gasteiger charge is -2.34. The molecule has 8 heteroatoms. The Balaban J connectivity index is 1.53. The fourth-order valence-corrected chi connectivity index (χ4v) is 4.14. The van der Waals surface area contributed by atoms with Gasteiger partial charge in [0.25, 0.3) is 5.91 Å². The summed E-state index contributed by atoms with van der Waals surface area (Å²) < 4.78 is 5.24. The summed E-state index contributed by atoms with van der Waals surface area (Å²) in [7, 11) is 1.52. The van der Waals surface area contributed by atoms with Crippen LogP contribution >= 0.6 is 0 Å². The topological polar surface area (TPSA) is 92.3 Å². The number of ether oxygens (including phenoxy) is 1. The molecular formula is C24H24N6O2. The van der Waals surface area contributed by atoms with E-state index in [9.17, 15) is 4.79 Å². The molecule has 0 spiro atoms. The Morgan fingerprint density at radius 3 is 2.97 bits per heavy atom. The number of fused-ring (bicyclic) bond motifs is 2. The van der Waals surface area contributed by atoms with Crippen LogP contribution in [0.25, 0.3) is 21.8 Å². The van der Waals surface area contributed by atoms with Crippen molar-refractivity contribution in [2.45, 2.75) is 13.0 Å². The van der Waals surface area contributed by atoms with E-state index in [1.54, 1.807) is 12.4 Å². The molecule has 0 bridgehead atoms. The molecule has 1 unspecified atom stereocenters. The summed E-state index contributed by atoms with van der Waals surface area (Å²) in [6, 6.07) is 14.0. The van der Waals surface area contributed by atoms with Gasteiger partial charge in [0.15, 0.2) is 0 Å². The quantitative estimate of drug-likeness (QED) is 0.516. The smallest absolute Gasteiger partial charge is 0.316 e. The fraction of sp³-hybridized carbons (Fsp3) is 0.250. The van der Waals surface area contributed by atoms with Crippen LogP contribution in [0.2, 0.25) is 0 Å². The Labute approximate surface area is 185 Å². The molecule has 2 aromatic heterocycles. The number of pyridine rings is 1. The molecule has 1 aliphatic rings. The third kappa shape index (κ3) is 3.80. The van der Waals surface area contributed by atoms with Gasteiger partial charge in [-0.05, 0) is 37.3 Å². The second kappa shape index (κ2) is 8.39. The van der Waals surface area contributed by atoms with E-state index >= 15 is 0 Å². The van der Waals surface area contributed by atoms with E-state index in [2.05, 4.69) is 37.4 Å². The molecule has 0 saturated carbocycles. The molecule has 2 N–H and O–H groups in total. The van der Waals surface area contributed by atoms with Gasteiger partial charge in [0.2, 0.25) is 0 Å². The molecule has 1 aliphatic heterocycles. The highest BCUT2D eigenvalue weighted by molar-refractivity contribution is 6.14. The molecule has 1 amide bonds. The summed E-state index contributed by atoms with van der Waals surface area (Å²) >= 11 is 0. The van der Waals surface area contributed by atoms with Crippen molar-refractivity contribution < 1.29 is 9.53 Å². The van der Waals surface area contributed by atoms with Crippen LogP contribution in [-0.2, 0) is 0 Å². The van der Waals surface area contributed by atoms with Gasteiger partial charge < -0.3 is 20.3 Å². The first-order valence-corrected chi connectivity index (χ1v) is 10.6. The minimum atomic E-state index is -0.244. The number of amides is 1. The molecule has 3 heterocycles. The zero-order valence-electron chi connectivity index (χ0n) is 18.0. The predicted molar refractivity (Wildman–Crippen MR) is 125 cm³/mol. The maximum atomic E-state index is 13.2. The summed E-state index contributed by atoms with van der Waals surface area (Å²) in [4.78, 5) is 28.7. The fourth-order valence-electron chi connectivity index (χ4n) is 4.14. The molecule has 8 nitrogen and oxygen atoms in total. The van der Waals surface area contributed by atoms with E-state index in [1.165, 1.54) is 7.11 Å². The first-order chi connectivity index (χ1) is 15.6. The third-order valence-corrected chi connectivity index (χ3v) is 5.71. The first-order valence-electron chi connectivity index (χ1n) is 10.6. The van der Waals surface area contributed by atoms with Crippen molar-refractivity contribution in [3.05, 3.63) is 60.4 Å². The summed E-state index contributed by atoms with van der Waals surface area (Å²) in [5, 5.41) is 8.28. The molecule has 2 aromatic carbocycles. The largest absolute Gasteiger partial charge is 0.467 e. The highest BCUT2D eigenvalue weighted by atomic mass is 16.5. The molecule has 4 aromatic rings. The van der Waals surface area contributed by atoms with Crippen LogP contribution in [0, 0.1) is 0 Å². The van der Waals surface area contributed by atoms with Crippen LogP contribution < -0.4 is 20.3 Å². The molecule has 1 saturated heterocycles. The maximum Gasteiger partial charge on any atom is 0.316 e. The summed E-state index contributed by atoms with van der Waals surface area (Å²) in [6.07, 6.45) is 3.47. The zero-order valence-corrected chi connectivity index (χ0v) is 18.0. The summed E-state index contributed by atoms with van der Waals surface area (Å²) in [6.45, 7) is 4.81. The van der Waals surface area contributed by atoms with Gasteiger partial charge in [0.1, 0.15) is 0 Å². The number of hydrogen-bond acceptors (Lipinski definition) is 7. The van der Waals surface area contributed by atoms with Crippen LogP contribution in [-0.4, -0.2) is 53.6 Å². The Hall–Kier alpha value is -3.78. The molecular weight excluding hydrogens is 404 g/mol. The van der Waals surface area contributed by atoms with Gasteiger partial charge in [-0.15, -0.1) is 0 Å². The van der Waals surface area contributed by atoms with Gasteiger partial charge in [-0.3, -0.25) is 9.78 Å². The lowest BCUT2D eigenvalue weighted by Crippen LogP contribution is -2.49. The van der Waals surface area contributed by atoms with Crippen molar-refractivity contribution in [3.63, 3.8) is 0 Å². The summed E-state index contributed by atoms with van der Waals surface area (Å²) in [5.74, 6) is -0.244. The van der Waals surface area contributed by atoms with Gasteiger partial charge in [-0.2, -0.15) is 4.98 Å². The van der Waals surface area contributed by atoms with Crippen molar-refractivity contribution in [2.75, 3.05) is 37.0 Å². The second-order valence-corrected chi connectivity index (χ2v) is 7.92. The lowest BCUT2D eigenvalue weighted by molar-refractivity contribution is 0.102. The normalized spacial score (nSPS) is 16.3. The van der Waals surface area contributed by atoms with Crippen molar-refractivity contribution in [3.8, 4) is 6.01 Å².